The van der Waals surface area contributed by atoms with Gasteiger partial charge in [-0.1, -0.05) is 0 Å². The molecule has 1 aromatic heterocycles. The first-order valence-corrected chi connectivity index (χ1v) is 8.11. The van der Waals surface area contributed by atoms with Crippen molar-refractivity contribution in [2.24, 2.45) is 5.92 Å². The fraction of sp³-hybridized carbons (Fsp3) is 0.800. The Bertz CT molecular complexity index is 561. The van der Waals surface area contributed by atoms with Crippen molar-refractivity contribution in [2.75, 3.05) is 26.2 Å². The maximum absolute atomic E-state index is 12.6. The summed E-state index contributed by atoms with van der Waals surface area (Å²) in [5.41, 5.74) is 0. The lowest BCUT2D eigenvalue weighted by molar-refractivity contribution is -0.164. The van der Waals surface area contributed by atoms with Gasteiger partial charge in [0.25, 0.3) is 0 Å². The molecule has 1 amide bonds. The molecule has 1 aliphatic rings. The summed E-state index contributed by atoms with van der Waals surface area (Å²) in [4.78, 5) is 15.4. The summed E-state index contributed by atoms with van der Waals surface area (Å²) in [6, 6.07) is -0.167. The summed E-state index contributed by atoms with van der Waals surface area (Å²) in [6.45, 7) is 5.15. The Hall–Kier alpha value is -1.64. The SMILES string of the molecule is CCN(CC(F)(F)F)C(=O)[C@H]1CCCN([C@H](C)c2nnc(C)o2)C1. The van der Waals surface area contributed by atoms with Crippen LogP contribution in [0.5, 0.6) is 0 Å². The minimum absolute atomic E-state index is 0.0489. The lowest BCUT2D eigenvalue weighted by atomic mass is 9.95. The third-order valence-electron chi connectivity index (χ3n) is 4.31. The van der Waals surface area contributed by atoms with Gasteiger partial charge in [-0.2, -0.15) is 13.2 Å². The topological polar surface area (TPSA) is 62.5 Å². The highest BCUT2D eigenvalue weighted by Gasteiger charge is 2.37. The Morgan fingerprint density at radius 1 is 1.46 bits per heavy atom. The number of aryl methyl sites for hydroxylation is 1. The van der Waals surface area contributed by atoms with E-state index >= 15 is 0 Å². The van der Waals surface area contributed by atoms with Gasteiger partial charge in [-0.25, -0.2) is 0 Å². The normalized spacial score (nSPS) is 20.8. The van der Waals surface area contributed by atoms with E-state index in [1.165, 1.54) is 0 Å². The van der Waals surface area contributed by atoms with Crippen LogP contribution in [0, 0.1) is 12.8 Å². The minimum Gasteiger partial charge on any atom is -0.424 e. The number of likely N-dealkylation sites (tertiary alicyclic amines) is 1. The van der Waals surface area contributed by atoms with Crippen molar-refractivity contribution < 1.29 is 22.4 Å². The van der Waals surface area contributed by atoms with Gasteiger partial charge in [0.2, 0.25) is 17.7 Å². The number of aromatic nitrogens is 2. The largest absolute Gasteiger partial charge is 0.424 e. The van der Waals surface area contributed by atoms with Crippen LogP contribution in [0.25, 0.3) is 0 Å². The Balaban J connectivity index is 2.02. The molecule has 2 rings (SSSR count). The van der Waals surface area contributed by atoms with E-state index in [-0.39, 0.29) is 12.6 Å². The van der Waals surface area contributed by atoms with Gasteiger partial charge < -0.3 is 9.32 Å². The number of hydrogen-bond donors (Lipinski definition) is 0. The van der Waals surface area contributed by atoms with Crippen molar-refractivity contribution in [3.05, 3.63) is 11.8 Å². The Labute approximate surface area is 139 Å². The van der Waals surface area contributed by atoms with Crippen molar-refractivity contribution in [1.82, 2.24) is 20.0 Å². The lowest BCUT2D eigenvalue weighted by Crippen LogP contribution is -2.47. The monoisotopic (exact) mass is 348 g/mol. The molecule has 0 N–H and O–H groups in total. The number of halogens is 3. The Kier molecular flexibility index (Phi) is 5.84. The summed E-state index contributed by atoms with van der Waals surface area (Å²) >= 11 is 0. The third kappa shape index (κ3) is 4.68. The maximum Gasteiger partial charge on any atom is 0.406 e. The average Bonchev–Trinajstić information content (AvgIpc) is 2.97. The predicted octanol–water partition coefficient (Wildman–Crippen LogP) is 2.56. The van der Waals surface area contributed by atoms with Crippen molar-refractivity contribution in [1.29, 1.82) is 0 Å². The molecular formula is C15H23F3N4O2. The molecule has 0 spiro atoms. The van der Waals surface area contributed by atoms with Crippen LogP contribution in [0.4, 0.5) is 13.2 Å². The zero-order chi connectivity index (χ0) is 17.9. The molecule has 0 radical (unpaired) electrons. The molecule has 1 aliphatic heterocycles. The van der Waals surface area contributed by atoms with Crippen LogP contribution in [0.1, 0.15) is 44.5 Å². The highest BCUT2D eigenvalue weighted by atomic mass is 19.4. The van der Waals surface area contributed by atoms with Crippen LogP contribution < -0.4 is 0 Å². The van der Waals surface area contributed by atoms with Gasteiger partial charge in [0.05, 0.1) is 12.0 Å². The first kappa shape index (κ1) is 18.7. The number of amides is 1. The van der Waals surface area contributed by atoms with Gasteiger partial charge >= 0.3 is 6.18 Å². The van der Waals surface area contributed by atoms with E-state index in [0.717, 1.165) is 17.9 Å². The van der Waals surface area contributed by atoms with Gasteiger partial charge in [-0.3, -0.25) is 9.69 Å². The van der Waals surface area contributed by atoms with E-state index in [0.29, 0.717) is 24.7 Å². The molecule has 0 unspecified atom stereocenters. The fourth-order valence-electron chi connectivity index (χ4n) is 3.02. The average molecular weight is 348 g/mol. The highest BCUT2D eigenvalue weighted by molar-refractivity contribution is 5.79. The summed E-state index contributed by atoms with van der Waals surface area (Å²) < 4.78 is 43.3. The standard InChI is InChI=1S/C15H23F3N4O2/c1-4-21(9-15(16,17)18)14(23)12-6-5-7-22(8-12)10(2)13-20-19-11(3)24-13/h10,12H,4-9H2,1-3H3/t10-,12+/m1/s1. The van der Waals surface area contributed by atoms with Crippen molar-refractivity contribution in [3.8, 4) is 0 Å². The number of rotatable bonds is 5. The number of piperidine rings is 1. The summed E-state index contributed by atoms with van der Waals surface area (Å²) in [7, 11) is 0. The lowest BCUT2D eigenvalue weighted by Gasteiger charge is -2.36. The van der Waals surface area contributed by atoms with Crippen molar-refractivity contribution in [2.45, 2.75) is 45.8 Å². The van der Waals surface area contributed by atoms with Crippen LogP contribution in [-0.2, 0) is 4.79 Å². The second-order valence-electron chi connectivity index (χ2n) is 6.14. The fourth-order valence-corrected chi connectivity index (χ4v) is 3.02. The first-order valence-electron chi connectivity index (χ1n) is 8.11. The molecule has 24 heavy (non-hydrogen) atoms. The molecule has 1 fully saturated rings. The van der Waals surface area contributed by atoms with Gasteiger partial charge in [0.1, 0.15) is 6.54 Å². The zero-order valence-corrected chi connectivity index (χ0v) is 14.1. The smallest absolute Gasteiger partial charge is 0.406 e. The Morgan fingerprint density at radius 2 is 2.17 bits per heavy atom. The third-order valence-corrected chi connectivity index (χ3v) is 4.31. The summed E-state index contributed by atoms with van der Waals surface area (Å²) in [5.74, 6) is 0.0491. The number of carbonyl (C=O) groups is 1. The van der Waals surface area contributed by atoms with Crippen LogP contribution >= 0.6 is 0 Å². The number of nitrogens with zero attached hydrogens (tertiary/aromatic N) is 4. The molecule has 0 aromatic carbocycles. The highest BCUT2D eigenvalue weighted by Crippen LogP contribution is 2.28. The van der Waals surface area contributed by atoms with Gasteiger partial charge in [0.15, 0.2) is 0 Å². The quantitative estimate of drug-likeness (QED) is 0.818. The molecule has 136 valence electrons. The molecule has 9 heteroatoms. The Morgan fingerprint density at radius 3 is 2.71 bits per heavy atom. The second kappa shape index (κ2) is 7.50. The second-order valence-corrected chi connectivity index (χ2v) is 6.14. The van der Waals surface area contributed by atoms with Crippen molar-refractivity contribution in [3.63, 3.8) is 0 Å². The number of carbonyl (C=O) groups excluding carboxylic acids is 1. The molecular weight excluding hydrogens is 325 g/mol. The van der Waals surface area contributed by atoms with E-state index in [1.807, 2.05) is 11.8 Å². The first-order chi connectivity index (χ1) is 11.2. The molecule has 2 atom stereocenters. The molecule has 6 nitrogen and oxygen atoms in total. The van der Waals surface area contributed by atoms with Crippen LogP contribution in [0.2, 0.25) is 0 Å². The molecule has 0 bridgehead atoms. The van der Waals surface area contributed by atoms with Gasteiger partial charge in [-0.15, -0.1) is 10.2 Å². The van der Waals surface area contributed by atoms with Crippen molar-refractivity contribution >= 4 is 5.91 Å². The van der Waals surface area contributed by atoms with E-state index in [4.69, 9.17) is 4.42 Å². The summed E-state index contributed by atoms with van der Waals surface area (Å²) in [5, 5.41) is 7.78. The number of hydrogen-bond acceptors (Lipinski definition) is 5. The predicted molar refractivity (Wildman–Crippen MR) is 80.1 cm³/mol. The number of alkyl halides is 3. The van der Waals surface area contributed by atoms with Crippen LogP contribution in [-0.4, -0.2) is 58.3 Å². The minimum atomic E-state index is -4.38. The van der Waals surface area contributed by atoms with Crippen LogP contribution in [0.15, 0.2) is 4.42 Å². The van der Waals surface area contributed by atoms with E-state index < -0.39 is 24.5 Å². The molecule has 2 heterocycles. The van der Waals surface area contributed by atoms with E-state index in [9.17, 15) is 18.0 Å². The van der Waals surface area contributed by atoms with Gasteiger partial charge in [0, 0.05) is 20.0 Å². The zero-order valence-electron chi connectivity index (χ0n) is 14.1. The molecule has 0 saturated carbocycles. The van der Waals surface area contributed by atoms with E-state index in [1.54, 1.807) is 13.8 Å². The van der Waals surface area contributed by atoms with Crippen LogP contribution in [0.3, 0.4) is 0 Å². The molecule has 1 saturated heterocycles. The molecule has 0 aliphatic carbocycles. The summed E-state index contributed by atoms with van der Waals surface area (Å²) in [6.07, 6.45) is -3.04. The maximum atomic E-state index is 12.6. The molecule has 1 aromatic rings. The van der Waals surface area contributed by atoms with E-state index in [2.05, 4.69) is 10.2 Å². The van der Waals surface area contributed by atoms with Gasteiger partial charge in [-0.05, 0) is 33.2 Å².